The van der Waals surface area contributed by atoms with Crippen molar-refractivity contribution in [3.05, 3.63) is 41.0 Å². The van der Waals surface area contributed by atoms with Crippen LogP contribution in [0.25, 0.3) is 11.1 Å². The lowest BCUT2D eigenvalue weighted by molar-refractivity contribution is -0.114. The molecule has 1 atom stereocenters. The Labute approximate surface area is 127 Å². The van der Waals surface area contributed by atoms with E-state index in [1.165, 1.54) is 11.4 Å². The second-order valence-corrected chi connectivity index (χ2v) is 5.61. The van der Waals surface area contributed by atoms with E-state index in [0.29, 0.717) is 11.6 Å². The number of thiophene rings is 1. The first-order chi connectivity index (χ1) is 10.3. The van der Waals surface area contributed by atoms with Gasteiger partial charge in [0.25, 0.3) is 6.43 Å². The monoisotopic (exact) mass is 334 g/mol. The summed E-state index contributed by atoms with van der Waals surface area (Å²) in [6.07, 6.45) is -3.40. The highest BCUT2D eigenvalue weighted by Crippen LogP contribution is 2.33. The Bertz CT molecular complexity index is 664. The number of alkyl halides is 3. The largest absolute Gasteiger partial charge is 0.499 e. The highest BCUT2D eigenvalue weighted by atomic mass is 32.1. The summed E-state index contributed by atoms with van der Waals surface area (Å²) in [5.74, 6) is -0.929. The Morgan fingerprint density at radius 3 is 2.36 bits per heavy atom. The molecule has 0 bridgehead atoms. The summed E-state index contributed by atoms with van der Waals surface area (Å²) >= 11 is 0.984. The molecule has 0 aliphatic rings. The van der Waals surface area contributed by atoms with E-state index in [1.807, 2.05) is 0 Å². The molecule has 0 aliphatic carbocycles. The van der Waals surface area contributed by atoms with Crippen molar-refractivity contribution in [2.24, 2.45) is 0 Å². The zero-order valence-corrected chi connectivity index (χ0v) is 11.8. The van der Waals surface area contributed by atoms with E-state index < -0.39 is 37.2 Å². The van der Waals surface area contributed by atoms with E-state index in [-0.39, 0.29) is 10.3 Å². The average Bonchev–Trinajstić information content (AvgIpc) is 2.95. The lowest BCUT2D eigenvalue weighted by atomic mass is 9.88. The van der Waals surface area contributed by atoms with Crippen molar-refractivity contribution >= 4 is 23.2 Å². The lowest BCUT2D eigenvalue weighted by Gasteiger charge is -2.24. The minimum atomic E-state index is -3.40. The van der Waals surface area contributed by atoms with Crippen LogP contribution in [0.15, 0.2) is 29.6 Å². The average molecular weight is 334 g/mol. The van der Waals surface area contributed by atoms with Crippen molar-refractivity contribution in [2.45, 2.75) is 12.0 Å². The van der Waals surface area contributed by atoms with Gasteiger partial charge >= 0.3 is 7.12 Å². The second kappa shape index (κ2) is 6.37. The highest BCUT2D eigenvalue weighted by Gasteiger charge is 2.40. The van der Waals surface area contributed by atoms with Gasteiger partial charge in [-0.05, 0) is 28.6 Å². The van der Waals surface area contributed by atoms with Gasteiger partial charge in [0.1, 0.15) is 12.5 Å². The molecule has 1 aromatic carbocycles. The van der Waals surface area contributed by atoms with Crippen LogP contribution in [0.2, 0.25) is 0 Å². The molecule has 3 nitrogen and oxygen atoms in total. The number of hydrogen-bond donors (Lipinski definition) is 3. The van der Waals surface area contributed by atoms with E-state index in [4.69, 9.17) is 10.0 Å². The SMILES string of the molecule is OB(O)c1cc(-c2ccc(C(O)(CF)C(F)F)cc2F)cs1. The van der Waals surface area contributed by atoms with Crippen LogP contribution in [0.1, 0.15) is 5.56 Å². The second-order valence-electron chi connectivity index (χ2n) is 4.66. The highest BCUT2D eigenvalue weighted by molar-refractivity contribution is 7.20. The van der Waals surface area contributed by atoms with Crippen molar-refractivity contribution in [1.82, 2.24) is 0 Å². The van der Waals surface area contributed by atoms with E-state index in [1.54, 1.807) is 0 Å². The smallest absolute Gasteiger partial charge is 0.423 e. The van der Waals surface area contributed by atoms with Crippen molar-refractivity contribution in [3.63, 3.8) is 0 Å². The molecule has 2 rings (SSSR count). The molecule has 0 spiro atoms. The fourth-order valence-corrected chi connectivity index (χ4v) is 2.68. The van der Waals surface area contributed by atoms with Crippen LogP contribution in [-0.4, -0.2) is 35.4 Å². The molecular formula is C13H11BF4O3S. The summed E-state index contributed by atoms with van der Waals surface area (Å²) in [5, 5.41) is 29.1. The Balaban J connectivity index is 2.41. The molecule has 118 valence electrons. The van der Waals surface area contributed by atoms with Crippen LogP contribution in [0.5, 0.6) is 0 Å². The quantitative estimate of drug-likeness (QED) is 0.576. The van der Waals surface area contributed by atoms with Crippen LogP contribution in [0.3, 0.4) is 0 Å². The van der Waals surface area contributed by atoms with Crippen LogP contribution >= 0.6 is 11.3 Å². The fourth-order valence-electron chi connectivity index (χ4n) is 1.91. The molecule has 0 radical (unpaired) electrons. The molecule has 1 heterocycles. The zero-order chi connectivity index (χ0) is 16.5. The third-order valence-corrected chi connectivity index (χ3v) is 4.19. The fraction of sp³-hybridized carbons (Fsp3) is 0.231. The van der Waals surface area contributed by atoms with Crippen molar-refractivity contribution in [3.8, 4) is 11.1 Å². The predicted molar refractivity (Wildman–Crippen MR) is 75.4 cm³/mol. The Hall–Kier alpha value is -1.42. The molecule has 9 heteroatoms. The van der Waals surface area contributed by atoms with Gasteiger partial charge in [0, 0.05) is 10.3 Å². The molecule has 2 aromatic rings. The van der Waals surface area contributed by atoms with E-state index >= 15 is 0 Å². The summed E-state index contributed by atoms with van der Waals surface area (Å²) in [4.78, 5) is 0. The predicted octanol–water partition coefficient (Wildman–Crippen LogP) is 1.66. The van der Waals surface area contributed by atoms with Crippen molar-refractivity contribution in [2.75, 3.05) is 6.67 Å². The normalized spacial score (nSPS) is 14.2. The third-order valence-electron chi connectivity index (χ3n) is 3.22. The minimum Gasteiger partial charge on any atom is -0.423 e. The summed E-state index contributed by atoms with van der Waals surface area (Å²) in [6.45, 7) is -1.75. The first-order valence-electron chi connectivity index (χ1n) is 6.11. The molecule has 0 saturated carbocycles. The van der Waals surface area contributed by atoms with Gasteiger partial charge < -0.3 is 15.2 Å². The van der Waals surface area contributed by atoms with Gasteiger partial charge in [-0.3, -0.25) is 0 Å². The third kappa shape index (κ3) is 3.03. The van der Waals surface area contributed by atoms with Crippen molar-refractivity contribution < 1.29 is 32.7 Å². The first kappa shape index (κ1) is 16.9. The van der Waals surface area contributed by atoms with Gasteiger partial charge in [-0.15, -0.1) is 0 Å². The number of benzene rings is 1. The Kier molecular flexibility index (Phi) is 4.91. The Morgan fingerprint density at radius 2 is 1.91 bits per heavy atom. The van der Waals surface area contributed by atoms with Crippen molar-refractivity contribution in [1.29, 1.82) is 0 Å². The molecule has 0 saturated heterocycles. The van der Waals surface area contributed by atoms with Gasteiger partial charge in [0.05, 0.1) is 0 Å². The van der Waals surface area contributed by atoms with E-state index in [9.17, 15) is 22.7 Å². The van der Waals surface area contributed by atoms with Gasteiger partial charge in [-0.2, -0.15) is 11.3 Å². The molecule has 3 N–H and O–H groups in total. The molecular weight excluding hydrogens is 323 g/mol. The van der Waals surface area contributed by atoms with Gasteiger partial charge in [0.15, 0.2) is 5.60 Å². The van der Waals surface area contributed by atoms with Gasteiger partial charge in [0.2, 0.25) is 0 Å². The molecule has 1 unspecified atom stereocenters. The van der Waals surface area contributed by atoms with Crippen LogP contribution in [0, 0.1) is 5.82 Å². The number of aliphatic hydroxyl groups is 1. The van der Waals surface area contributed by atoms with Gasteiger partial charge in [-0.25, -0.2) is 17.6 Å². The van der Waals surface area contributed by atoms with E-state index in [2.05, 4.69) is 0 Å². The number of rotatable bonds is 5. The standard InChI is InChI=1S/C13H11BF4O3S/c15-6-13(19,12(17)18)8-1-2-9(10(16)4-8)7-3-11(14(20)21)22-5-7/h1-5,12,19-21H,6H2. The summed E-state index contributed by atoms with van der Waals surface area (Å²) in [7, 11) is -1.70. The number of halogens is 4. The Morgan fingerprint density at radius 1 is 1.23 bits per heavy atom. The molecule has 1 aromatic heterocycles. The molecule has 0 amide bonds. The van der Waals surface area contributed by atoms with E-state index in [0.717, 1.165) is 23.5 Å². The summed E-state index contributed by atoms with van der Waals surface area (Å²) in [6, 6.07) is 4.12. The molecule has 0 fully saturated rings. The maximum absolute atomic E-state index is 14.1. The van der Waals surface area contributed by atoms with Gasteiger partial charge in [-0.1, -0.05) is 12.1 Å². The van der Waals surface area contributed by atoms with Crippen LogP contribution in [-0.2, 0) is 5.60 Å². The zero-order valence-electron chi connectivity index (χ0n) is 11.0. The number of hydrogen-bond acceptors (Lipinski definition) is 4. The first-order valence-corrected chi connectivity index (χ1v) is 6.99. The lowest BCUT2D eigenvalue weighted by Crippen LogP contribution is -2.36. The summed E-state index contributed by atoms with van der Waals surface area (Å²) < 4.78 is 52.5. The topological polar surface area (TPSA) is 60.7 Å². The minimum absolute atomic E-state index is 0.0161. The maximum atomic E-state index is 14.1. The summed E-state index contributed by atoms with van der Waals surface area (Å²) in [5.41, 5.74) is -3.29. The maximum Gasteiger partial charge on any atom is 0.499 e. The van der Waals surface area contributed by atoms with Crippen LogP contribution in [0.4, 0.5) is 17.6 Å². The molecule has 0 aliphatic heterocycles. The molecule has 22 heavy (non-hydrogen) atoms. The van der Waals surface area contributed by atoms with Crippen LogP contribution < -0.4 is 4.78 Å².